The number of hydrogen-bond donors (Lipinski definition) is 1. The topological polar surface area (TPSA) is 59.4 Å². The number of aryl methyl sites for hydroxylation is 2. The Morgan fingerprint density at radius 1 is 0.962 bits per heavy atom. The summed E-state index contributed by atoms with van der Waals surface area (Å²) in [5, 5.41) is 4.61. The number of fused-ring (bicyclic) bond motifs is 1. The number of nitrogens with one attached hydrogen (secondary N) is 1. The molecule has 0 aliphatic carbocycles. The van der Waals surface area contributed by atoms with E-state index in [1.807, 2.05) is 62.4 Å². The summed E-state index contributed by atoms with van der Waals surface area (Å²) in [7, 11) is 0. The second-order valence-electron chi connectivity index (χ2n) is 6.36. The lowest BCUT2D eigenvalue weighted by Crippen LogP contribution is -2.22. The minimum atomic E-state index is -0.0631. The molecule has 1 N–H and O–H groups in total. The second-order valence-corrected chi connectivity index (χ2v) is 6.36. The molecule has 5 heteroatoms. The highest BCUT2D eigenvalue weighted by molar-refractivity contribution is 6.04. The third-order valence-electron chi connectivity index (χ3n) is 4.29. The molecule has 3 aromatic rings. The number of anilines is 1. The van der Waals surface area contributed by atoms with Crippen LogP contribution < -0.4 is 10.2 Å². The summed E-state index contributed by atoms with van der Waals surface area (Å²) in [5.41, 5.74) is 7.91. The van der Waals surface area contributed by atoms with E-state index in [1.165, 1.54) is 0 Å². The Labute approximate surface area is 152 Å². The highest BCUT2D eigenvalue weighted by atomic mass is 16.5. The number of hydrogen-bond acceptors (Lipinski definition) is 5. The van der Waals surface area contributed by atoms with Crippen LogP contribution in [0.5, 0.6) is 5.75 Å². The van der Waals surface area contributed by atoms with E-state index in [0.717, 1.165) is 34.0 Å². The van der Waals surface area contributed by atoms with Crippen molar-refractivity contribution in [3.05, 3.63) is 83.2 Å². The lowest BCUT2D eigenvalue weighted by molar-refractivity contribution is 0.206. The van der Waals surface area contributed by atoms with Crippen LogP contribution in [-0.4, -0.2) is 15.7 Å². The van der Waals surface area contributed by atoms with Crippen LogP contribution in [0.2, 0.25) is 0 Å². The van der Waals surface area contributed by atoms with E-state index in [1.54, 1.807) is 0 Å². The molecule has 4 rings (SSSR count). The summed E-state index contributed by atoms with van der Waals surface area (Å²) in [5.74, 6) is 1.35. The number of aromatic nitrogens is 2. The van der Waals surface area contributed by atoms with Crippen molar-refractivity contribution in [1.82, 2.24) is 9.97 Å². The summed E-state index contributed by atoms with van der Waals surface area (Å²) in [6.07, 6.45) is 0.616. The molecule has 26 heavy (non-hydrogen) atoms. The number of ether oxygens (including phenoxy) is 1. The molecule has 0 fully saturated rings. The predicted molar refractivity (Wildman–Crippen MR) is 103 cm³/mol. The van der Waals surface area contributed by atoms with Crippen molar-refractivity contribution in [3.63, 3.8) is 0 Å². The van der Waals surface area contributed by atoms with Gasteiger partial charge in [-0.15, -0.1) is 0 Å². The lowest BCUT2D eigenvalue weighted by atomic mass is 9.96. The zero-order chi connectivity index (χ0) is 17.9. The molecule has 2 heterocycles. The van der Waals surface area contributed by atoms with Crippen LogP contribution in [0.1, 0.15) is 35.0 Å². The quantitative estimate of drug-likeness (QED) is 0.714. The maximum atomic E-state index is 6.20. The molecule has 1 aliphatic rings. The second kappa shape index (κ2) is 6.96. The van der Waals surface area contributed by atoms with Gasteiger partial charge in [0.2, 0.25) is 5.95 Å². The Morgan fingerprint density at radius 3 is 2.42 bits per heavy atom. The van der Waals surface area contributed by atoms with Crippen molar-refractivity contribution in [2.24, 2.45) is 5.10 Å². The van der Waals surface area contributed by atoms with Crippen molar-refractivity contribution >= 4 is 11.7 Å². The van der Waals surface area contributed by atoms with Gasteiger partial charge in [0.05, 0.1) is 5.71 Å². The van der Waals surface area contributed by atoms with Gasteiger partial charge in [0.25, 0.3) is 0 Å². The van der Waals surface area contributed by atoms with Crippen LogP contribution in [0, 0.1) is 13.8 Å². The monoisotopic (exact) mass is 344 g/mol. The van der Waals surface area contributed by atoms with Gasteiger partial charge >= 0.3 is 0 Å². The Morgan fingerprint density at radius 2 is 1.65 bits per heavy atom. The number of nitrogens with zero attached hydrogens (tertiary/aromatic N) is 3. The molecular weight excluding hydrogens is 324 g/mol. The fourth-order valence-electron chi connectivity index (χ4n) is 3.14. The molecule has 1 atom stereocenters. The Bertz CT molecular complexity index is 933. The van der Waals surface area contributed by atoms with Crippen molar-refractivity contribution < 1.29 is 4.74 Å². The molecule has 1 aromatic heterocycles. The predicted octanol–water partition coefficient (Wildman–Crippen LogP) is 4.43. The zero-order valence-electron chi connectivity index (χ0n) is 14.8. The van der Waals surface area contributed by atoms with Gasteiger partial charge in [-0.1, -0.05) is 42.5 Å². The summed E-state index contributed by atoms with van der Waals surface area (Å²) in [4.78, 5) is 8.78. The van der Waals surface area contributed by atoms with Crippen LogP contribution in [0.3, 0.4) is 0 Å². The van der Waals surface area contributed by atoms with Gasteiger partial charge in [0, 0.05) is 23.4 Å². The molecule has 0 bridgehead atoms. The smallest absolute Gasteiger partial charge is 0.243 e. The van der Waals surface area contributed by atoms with Gasteiger partial charge in [-0.3, -0.25) is 0 Å². The van der Waals surface area contributed by atoms with Gasteiger partial charge in [-0.05, 0) is 37.6 Å². The Kier molecular flexibility index (Phi) is 4.35. The summed E-state index contributed by atoms with van der Waals surface area (Å²) in [6, 6.07) is 20.1. The highest BCUT2D eigenvalue weighted by Crippen LogP contribution is 2.35. The first-order valence-electron chi connectivity index (χ1n) is 8.65. The van der Waals surface area contributed by atoms with Crippen molar-refractivity contribution in [1.29, 1.82) is 0 Å². The molecule has 2 aromatic carbocycles. The first-order chi connectivity index (χ1) is 12.7. The first kappa shape index (κ1) is 16.3. The number of rotatable bonds is 3. The van der Waals surface area contributed by atoms with Crippen molar-refractivity contribution in [2.45, 2.75) is 26.4 Å². The van der Waals surface area contributed by atoms with Crippen molar-refractivity contribution in [2.75, 3.05) is 5.43 Å². The number of benzene rings is 2. The van der Waals surface area contributed by atoms with Crippen LogP contribution in [0.25, 0.3) is 0 Å². The molecule has 0 saturated heterocycles. The average molecular weight is 344 g/mol. The fraction of sp³-hybridized carbons (Fsp3) is 0.190. The Hall–Kier alpha value is -3.21. The fourth-order valence-corrected chi connectivity index (χ4v) is 3.14. The standard InChI is InChI=1S/C21H20N4O/c1-14-12-15(2)23-21(22-14)25-24-18-13-20(16-8-4-3-5-9-16)26-19-11-7-6-10-17(18)19/h3-12,20H,13H2,1-2H3,(H,22,23,25)/t20-/m0/s1. The lowest BCUT2D eigenvalue weighted by Gasteiger charge is -2.27. The van der Waals surface area contributed by atoms with E-state index < -0.39 is 0 Å². The average Bonchev–Trinajstić information content (AvgIpc) is 2.66. The van der Waals surface area contributed by atoms with E-state index in [-0.39, 0.29) is 6.10 Å². The zero-order valence-corrected chi connectivity index (χ0v) is 14.8. The minimum absolute atomic E-state index is 0.0631. The van der Waals surface area contributed by atoms with E-state index in [4.69, 9.17) is 4.74 Å². The van der Waals surface area contributed by atoms with E-state index in [2.05, 4.69) is 32.6 Å². The molecule has 5 nitrogen and oxygen atoms in total. The van der Waals surface area contributed by atoms with Gasteiger partial charge in [0.1, 0.15) is 11.9 Å². The maximum Gasteiger partial charge on any atom is 0.243 e. The minimum Gasteiger partial charge on any atom is -0.485 e. The van der Waals surface area contributed by atoms with Crippen LogP contribution in [-0.2, 0) is 0 Å². The number of para-hydroxylation sites is 1. The molecule has 0 unspecified atom stereocenters. The van der Waals surface area contributed by atoms with Crippen molar-refractivity contribution in [3.8, 4) is 5.75 Å². The largest absolute Gasteiger partial charge is 0.485 e. The molecule has 0 amide bonds. The van der Waals surface area contributed by atoms with Gasteiger partial charge in [-0.25, -0.2) is 15.4 Å². The molecule has 0 spiro atoms. The molecule has 0 saturated carbocycles. The van der Waals surface area contributed by atoms with E-state index in [9.17, 15) is 0 Å². The number of hydrazone groups is 1. The summed E-state index contributed by atoms with van der Waals surface area (Å²) < 4.78 is 6.20. The summed E-state index contributed by atoms with van der Waals surface area (Å²) >= 11 is 0. The van der Waals surface area contributed by atoms with E-state index in [0.29, 0.717) is 12.4 Å². The molecule has 1 aliphatic heterocycles. The van der Waals surface area contributed by atoms with Gasteiger partial charge in [0.15, 0.2) is 0 Å². The normalized spacial score (nSPS) is 17.5. The molecular formula is C21H20N4O. The van der Waals surface area contributed by atoms with Gasteiger partial charge in [-0.2, -0.15) is 5.10 Å². The van der Waals surface area contributed by atoms with Gasteiger partial charge < -0.3 is 4.74 Å². The third-order valence-corrected chi connectivity index (χ3v) is 4.29. The molecule has 0 radical (unpaired) electrons. The van der Waals surface area contributed by atoms with Crippen LogP contribution in [0.15, 0.2) is 65.8 Å². The Balaban J connectivity index is 1.67. The maximum absolute atomic E-state index is 6.20. The SMILES string of the molecule is Cc1cc(C)nc(NN=C2C[C@@H](c3ccccc3)Oc3ccccc32)n1. The molecule has 130 valence electrons. The summed E-state index contributed by atoms with van der Waals surface area (Å²) in [6.45, 7) is 3.89. The van der Waals surface area contributed by atoms with Crippen LogP contribution >= 0.6 is 0 Å². The first-order valence-corrected chi connectivity index (χ1v) is 8.65. The highest BCUT2D eigenvalue weighted by Gasteiger charge is 2.26. The van der Waals surface area contributed by atoms with E-state index >= 15 is 0 Å². The van der Waals surface area contributed by atoms with Crippen LogP contribution in [0.4, 0.5) is 5.95 Å². The third kappa shape index (κ3) is 3.42.